The highest BCUT2D eigenvalue weighted by Gasteiger charge is 2.10. The molecule has 0 aliphatic rings. The van der Waals surface area contributed by atoms with Crippen molar-refractivity contribution in [2.75, 3.05) is 0 Å². The Morgan fingerprint density at radius 3 is 2.45 bits per heavy atom. The molecule has 1 unspecified atom stereocenters. The average molecular weight is 269 g/mol. The number of aryl methyl sites for hydroxylation is 4. The number of rotatable bonds is 4. The first-order valence-corrected chi connectivity index (χ1v) is 7.07. The van der Waals surface area contributed by atoms with E-state index in [0.29, 0.717) is 6.04 Å². The van der Waals surface area contributed by atoms with Gasteiger partial charge in [0.2, 0.25) is 0 Å². The molecule has 0 amide bonds. The van der Waals surface area contributed by atoms with Crippen LogP contribution >= 0.6 is 0 Å². The molecule has 1 N–H and O–H groups in total. The van der Waals surface area contributed by atoms with Gasteiger partial charge in [0.05, 0.1) is 5.69 Å². The third-order valence-corrected chi connectivity index (χ3v) is 3.77. The van der Waals surface area contributed by atoms with Crippen molar-refractivity contribution in [3.63, 3.8) is 0 Å². The maximum Gasteiger partial charge on any atom is 0.125 e. The summed E-state index contributed by atoms with van der Waals surface area (Å²) in [6.07, 6.45) is 1.81. The number of nitrogens with zero attached hydrogens (tertiary/aromatic N) is 2. The van der Waals surface area contributed by atoms with Crippen LogP contribution in [0.5, 0.6) is 0 Å². The van der Waals surface area contributed by atoms with Gasteiger partial charge in [-0.1, -0.05) is 12.1 Å². The van der Waals surface area contributed by atoms with Gasteiger partial charge in [-0.05, 0) is 62.9 Å². The number of hydrogen-bond donors (Lipinski definition) is 1. The highest BCUT2D eigenvalue weighted by Crippen LogP contribution is 2.21. The highest BCUT2D eigenvalue weighted by atomic mass is 14.9. The second-order valence-corrected chi connectivity index (χ2v) is 5.49. The van der Waals surface area contributed by atoms with Crippen LogP contribution in [0.25, 0.3) is 0 Å². The Hall–Kier alpha value is -1.74. The van der Waals surface area contributed by atoms with Crippen LogP contribution < -0.4 is 5.32 Å². The molecule has 0 saturated carbocycles. The van der Waals surface area contributed by atoms with Crippen LogP contribution in [0.1, 0.15) is 46.7 Å². The van der Waals surface area contributed by atoms with Gasteiger partial charge in [0.1, 0.15) is 5.82 Å². The summed E-state index contributed by atoms with van der Waals surface area (Å²) in [7, 11) is 0. The van der Waals surface area contributed by atoms with Crippen LogP contribution in [-0.4, -0.2) is 9.97 Å². The molecule has 3 heteroatoms. The standard InChI is InChI=1S/C17H23N3/c1-11-8-13(3)17(9-12(11)2)14(4)19-10-16-6-7-18-15(5)20-16/h6-9,14,19H,10H2,1-5H3. The summed E-state index contributed by atoms with van der Waals surface area (Å²) in [6.45, 7) is 11.4. The first-order chi connectivity index (χ1) is 9.47. The SMILES string of the molecule is Cc1nccc(CNC(C)c2cc(C)c(C)cc2C)n1. The molecule has 0 saturated heterocycles. The number of nitrogens with one attached hydrogen (secondary N) is 1. The fourth-order valence-electron chi connectivity index (χ4n) is 2.42. The summed E-state index contributed by atoms with van der Waals surface area (Å²) < 4.78 is 0. The first-order valence-electron chi connectivity index (χ1n) is 7.07. The predicted molar refractivity (Wildman–Crippen MR) is 82.7 cm³/mol. The third kappa shape index (κ3) is 3.42. The Kier molecular flexibility index (Phi) is 4.50. The van der Waals surface area contributed by atoms with Gasteiger partial charge in [-0.3, -0.25) is 0 Å². The van der Waals surface area contributed by atoms with Gasteiger partial charge >= 0.3 is 0 Å². The minimum absolute atomic E-state index is 0.310. The zero-order valence-electron chi connectivity index (χ0n) is 13.0. The van der Waals surface area contributed by atoms with Gasteiger partial charge in [-0.2, -0.15) is 0 Å². The van der Waals surface area contributed by atoms with E-state index in [4.69, 9.17) is 0 Å². The van der Waals surface area contributed by atoms with E-state index in [-0.39, 0.29) is 0 Å². The van der Waals surface area contributed by atoms with Crippen molar-refractivity contribution < 1.29 is 0 Å². The lowest BCUT2D eigenvalue weighted by Crippen LogP contribution is -2.20. The molecule has 0 aliphatic carbocycles. The van der Waals surface area contributed by atoms with E-state index in [0.717, 1.165) is 18.1 Å². The number of aromatic nitrogens is 2. The molecule has 1 aromatic carbocycles. The van der Waals surface area contributed by atoms with Crippen LogP contribution in [-0.2, 0) is 6.54 Å². The molecule has 2 rings (SSSR count). The zero-order valence-corrected chi connectivity index (χ0v) is 13.0. The van der Waals surface area contributed by atoms with Gasteiger partial charge in [-0.15, -0.1) is 0 Å². The van der Waals surface area contributed by atoms with Crippen molar-refractivity contribution >= 4 is 0 Å². The van der Waals surface area contributed by atoms with Gasteiger partial charge in [0.25, 0.3) is 0 Å². The topological polar surface area (TPSA) is 37.8 Å². The average Bonchev–Trinajstić information content (AvgIpc) is 2.40. The molecule has 0 radical (unpaired) electrons. The maximum absolute atomic E-state index is 4.42. The Morgan fingerprint density at radius 1 is 1.05 bits per heavy atom. The molecule has 2 aromatic rings. The third-order valence-electron chi connectivity index (χ3n) is 3.77. The molecule has 20 heavy (non-hydrogen) atoms. The van der Waals surface area contributed by atoms with E-state index in [2.05, 4.69) is 55.1 Å². The minimum atomic E-state index is 0.310. The minimum Gasteiger partial charge on any atom is -0.305 e. The second-order valence-electron chi connectivity index (χ2n) is 5.49. The predicted octanol–water partition coefficient (Wildman–Crippen LogP) is 3.56. The van der Waals surface area contributed by atoms with E-state index < -0.39 is 0 Å². The van der Waals surface area contributed by atoms with E-state index in [1.807, 2.05) is 19.2 Å². The van der Waals surface area contributed by atoms with E-state index in [1.165, 1.54) is 22.3 Å². The Morgan fingerprint density at radius 2 is 1.75 bits per heavy atom. The van der Waals surface area contributed by atoms with Crippen LogP contribution in [0.15, 0.2) is 24.4 Å². The van der Waals surface area contributed by atoms with Gasteiger partial charge < -0.3 is 5.32 Å². The summed E-state index contributed by atoms with van der Waals surface area (Å²) in [5.74, 6) is 0.819. The normalized spacial score (nSPS) is 12.4. The lowest BCUT2D eigenvalue weighted by Gasteiger charge is -2.18. The van der Waals surface area contributed by atoms with Crippen LogP contribution in [0.2, 0.25) is 0 Å². The lowest BCUT2D eigenvalue weighted by molar-refractivity contribution is 0.563. The quantitative estimate of drug-likeness (QED) is 0.922. The molecule has 0 bridgehead atoms. The van der Waals surface area contributed by atoms with Crippen molar-refractivity contribution in [3.8, 4) is 0 Å². The molecular formula is C17H23N3. The molecule has 0 fully saturated rings. The van der Waals surface area contributed by atoms with Crippen molar-refractivity contribution in [3.05, 3.63) is 58.2 Å². The van der Waals surface area contributed by atoms with E-state index in [1.54, 1.807) is 0 Å². The van der Waals surface area contributed by atoms with Crippen LogP contribution in [0, 0.1) is 27.7 Å². The highest BCUT2D eigenvalue weighted by molar-refractivity contribution is 5.38. The van der Waals surface area contributed by atoms with Gasteiger partial charge in [0, 0.05) is 18.8 Å². The van der Waals surface area contributed by atoms with Gasteiger partial charge in [-0.25, -0.2) is 9.97 Å². The summed E-state index contributed by atoms with van der Waals surface area (Å²) >= 11 is 0. The number of benzene rings is 1. The van der Waals surface area contributed by atoms with Gasteiger partial charge in [0.15, 0.2) is 0 Å². The summed E-state index contributed by atoms with van der Waals surface area (Å²) in [5, 5.41) is 3.54. The van der Waals surface area contributed by atoms with E-state index in [9.17, 15) is 0 Å². The molecule has 3 nitrogen and oxygen atoms in total. The van der Waals surface area contributed by atoms with Crippen molar-refractivity contribution in [2.24, 2.45) is 0 Å². The summed E-state index contributed by atoms with van der Waals surface area (Å²) in [6, 6.07) is 6.81. The van der Waals surface area contributed by atoms with Crippen molar-refractivity contribution in [1.82, 2.24) is 15.3 Å². The summed E-state index contributed by atoms with van der Waals surface area (Å²) in [5.41, 5.74) is 6.43. The molecule has 1 heterocycles. The zero-order chi connectivity index (χ0) is 14.7. The molecule has 1 atom stereocenters. The van der Waals surface area contributed by atoms with Crippen LogP contribution in [0.4, 0.5) is 0 Å². The Balaban J connectivity index is 2.09. The number of hydrogen-bond acceptors (Lipinski definition) is 3. The largest absolute Gasteiger partial charge is 0.305 e. The monoisotopic (exact) mass is 269 g/mol. The second kappa shape index (κ2) is 6.14. The fourth-order valence-corrected chi connectivity index (χ4v) is 2.42. The fraction of sp³-hybridized carbons (Fsp3) is 0.412. The van der Waals surface area contributed by atoms with Crippen LogP contribution in [0.3, 0.4) is 0 Å². The van der Waals surface area contributed by atoms with Crippen molar-refractivity contribution in [1.29, 1.82) is 0 Å². The lowest BCUT2D eigenvalue weighted by atomic mass is 9.96. The smallest absolute Gasteiger partial charge is 0.125 e. The molecular weight excluding hydrogens is 246 g/mol. The first kappa shape index (κ1) is 14.7. The molecule has 106 valence electrons. The van der Waals surface area contributed by atoms with Crippen molar-refractivity contribution in [2.45, 2.75) is 47.2 Å². The maximum atomic E-state index is 4.42. The summed E-state index contributed by atoms with van der Waals surface area (Å²) in [4.78, 5) is 8.54. The molecule has 0 spiro atoms. The molecule has 1 aromatic heterocycles. The molecule has 0 aliphatic heterocycles. The van der Waals surface area contributed by atoms with E-state index >= 15 is 0 Å². The Bertz CT molecular complexity index is 605. The Labute approximate surface area is 121 Å².